The average molecular weight is 318 g/mol. The van der Waals surface area contributed by atoms with Gasteiger partial charge in [0, 0.05) is 7.11 Å². The van der Waals surface area contributed by atoms with E-state index in [4.69, 9.17) is 9.15 Å². The van der Waals surface area contributed by atoms with Crippen LogP contribution in [-0.2, 0) is 11.2 Å². The third kappa shape index (κ3) is 3.37. The minimum Gasteiger partial charge on any atom is -0.467 e. The molecule has 2 amide bonds. The van der Waals surface area contributed by atoms with Crippen LogP contribution in [0.4, 0.5) is 9.18 Å². The van der Waals surface area contributed by atoms with Gasteiger partial charge in [-0.1, -0.05) is 12.1 Å². The Hall–Kier alpha value is -2.34. The van der Waals surface area contributed by atoms with Crippen LogP contribution in [0, 0.1) is 5.82 Å². The molecular weight excluding hydrogens is 299 g/mol. The molecule has 2 aromatic rings. The minimum absolute atomic E-state index is 0.180. The van der Waals surface area contributed by atoms with E-state index in [9.17, 15) is 9.18 Å². The standard InChI is InChI=1S/C17H19FN2O3/c1-22-10-15(16-6-3-9-23-16)20-17(21)19-14-8-7-11-12(14)4-2-5-13(11)18/h2-6,9,14-15H,7-8,10H2,1H3,(H2,19,20,21)/t14-,15+/m0/s1. The highest BCUT2D eigenvalue weighted by molar-refractivity contribution is 5.75. The zero-order chi connectivity index (χ0) is 16.2. The van der Waals surface area contributed by atoms with Gasteiger partial charge in [0.2, 0.25) is 0 Å². The molecule has 0 unspecified atom stereocenters. The smallest absolute Gasteiger partial charge is 0.315 e. The molecule has 0 aliphatic heterocycles. The van der Waals surface area contributed by atoms with Gasteiger partial charge in [-0.25, -0.2) is 9.18 Å². The first kappa shape index (κ1) is 15.6. The summed E-state index contributed by atoms with van der Waals surface area (Å²) in [5.41, 5.74) is 1.54. The summed E-state index contributed by atoms with van der Waals surface area (Å²) in [7, 11) is 1.56. The van der Waals surface area contributed by atoms with Crippen molar-refractivity contribution in [1.82, 2.24) is 10.6 Å². The summed E-state index contributed by atoms with van der Waals surface area (Å²) in [5, 5.41) is 5.73. The van der Waals surface area contributed by atoms with Crippen molar-refractivity contribution in [1.29, 1.82) is 0 Å². The molecule has 1 aromatic carbocycles. The largest absolute Gasteiger partial charge is 0.467 e. The van der Waals surface area contributed by atoms with Gasteiger partial charge >= 0.3 is 6.03 Å². The van der Waals surface area contributed by atoms with Gasteiger partial charge in [-0.2, -0.15) is 0 Å². The first-order valence-corrected chi connectivity index (χ1v) is 7.55. The Morgan fingerprint density at radius 2 is 2.30 bits per heavy atom. The fraction of sp³-hybridized carbons (Fsp3) is 0.353. The number of furan rings is 1. The maximum atomic E-state index is 13.7. The molecule has 122 valence electrons. The Labute approximate surface area is 133 Å². The summed E-state index contributed by atoms with van der Waals surface area (Å²) in [6.45, 7) is 0.302. The number of benzene rings is 1. The number of hydrogen-bond acceptors (Lipinski definition) is 3. The van der Waals surface area contributed by atoms with Crippen molar-refractivity contribution in [3.8, 4) is 0 Å². The maximum absolute atomic E-state index is 13.7. The van der Waals surface area contributed by atoms with Crippen LogP contribution in [-0.4, -0.2) is 19.7 Å². The van der Waals surface area contributed by atoms with Gasteiger partial charge in [-0.3, -0.25) is 0 Å². The quantitative estimate of drug-likeness (QED) is 0.890. The number of methoxy groups -OCH3 is 1. The van der Waals surface area contributed by atoms with Crippen LogP contribution >= 0.6 is 0 Å². The van der Waals surface area contributed by atoms with Gasteiger partial charge in [0.05, 0.1) is 18.9 Å². The summed E-state index contributed by atoms with van der Waals surface area (Å²) < 4.78 is 24.2. The highest BCUT2D eigenvalue weighted by atomic mass is 19.1. The van der Waals surface area contributed by atoms with Crippen molar-refractivity contribution in [3.05, 3.63) is 59.3 Å². The first-order chi connectivity index (χ1) is 11.2. The SMILES string of the molecule is COC[C@@H](NC(=O)N[C@H]1CCc2c(F)cccc21)c1ccco1. The molecule has 0 fully saturated rings. The molecule has 1 aliphatic carbocycles. The number of carbonyl (C=O) groups excluding carboxylic acids is 1. The topological polar surface area (TPSA) is 63.5 Å². The second kappa shape index (κ2) is 6.83. The van der Waals surface area contributed by atoms with E-state index in [2.05, 4.69) is 10.6 Å². The summed E-state index contributed by atoms with van der Waals surface area (Å²) in [4.78, 5) is 12.3. The Kier molecular flexibility index (Phi) is 4.62. The highest BCUT2D eigenvalue weighted by Crippen LogP contribution is 2.32. The van der Waals surface area contributed by atoms with Crippen molar-refractivity contribution >= 4 is 6.03 Å². The van der Waals surface area contributed by atoms with E-state index in [0.29, 0.717) is 30.8 Å². The van der Waals surface area contributed by atoms with Gasteiger partial charge in [0.15, 0.2) is 0 Å². The molecule has 23 heavy (non-hydrogen) atoms. The lowest BCUT2D eigenvalue weighted by Gasteiger charge is -2.19. The van der Waals surface area contributed by atoms with Crippen molar-refractivity contribution in [2.24, 2.45) is 0 Å². The Morgan fingerprint density at radius 1 is 1.43 bits per heavy atom. The highest BCUT2D eigenvalue weighted by Gasteiger charge is 2.27. The van der Waals surface area contributed by atoms with Crippen LogP contribution in [0.1, 0.15) is 35.4 Å². The number of urea groups is 1. The number of rotatable bonds is 5. The third-order valence-corrected chi connectivity index (χ3v) is 4.04. The lowest BCUT2D eigenvalue weighted by molar-refractivity contribution is 0.156. The lowest BCUT2D eigenvalue weighted by Crippen LogP contribution is -2.40. The molecule has 1 heterocycles. The third-order valence-electron chi connectivity index (χ3n) is 4.04. The zero-order valence-corrected chi connectivity index (χ0v) is 12.8. The summed E-state index contributed by atoms with van der Waals surface area (Å²) in [6.07, 6.45) is 2.87. The second-order valence-electron chi connectivity index (χ2n) is 5.54. The van der Waals surface area contributed by atoms with Crippen LogP contribution in [0.3, 0.4) is 0 Å². The molecule has 1 aliphatic rings. The Morgan fingerprint density at radius 3 is 3.04 bits per heavy atom. The average Bonchev–Trinajstić information content (AvgIpc) is 3.18. The molecule has 2 N–H and O–H groups in total. The second-order valence-corrected chi connectivity index (χ2v) is 5.54. The number of amides is 2. The van der Waals surface area contributed by atoms with Crippen molar-refractivity contribution in [2.45, 2.75) is 24.9 Å². The number of nitrogens with one attached hydrogen (secondary N) is 2. The van der Waals surface area contributed by atoms with Crippen molar-refractivity contribution < 1.29 is 18.3 Å². The molecular formula is C17H19FN2O3. The van der Waals surface area contributed by atoms with Crippen LogP contribution < -0.4 is 10.6 Å². The van der Waals surface area contributed by atoms with Crippen LogP contribution in [0.15, 0.2) is 41.0 Å². The molecule has 6 heteroatoms. The van der Waals surface area contributed by atoms with E-state index in [1.807, 2.05) is 6.07 Å². The van der Waals surface area contributed by atoms with E-state index in [1.54, 1.807) is 31.6 Å². The zero-order valence-electron chi connectivity index (χ0n) is 12.8. The van der Waals surface area contributed by atoms with E-state index in [0.717, 1.165) is 5.56 Å². The maximum Gasteiger partial charge on any atom is 0.315 e. The van der Waals surface area contributed by atoms with Gasteiger partial charge in [0.25, 0.3) is 0 Å². The number of halogens is 1. The number of fused-ring (bicyclic) bond motifs is 1. The fourth-order valence-corrected chi connectivity index (χ4v) is 2.97. The van der Waals surface area contributed by atoms with Gasteiger partial charge < -0.3 is 19.8 Å². The molecule has 0 radical (unpaired) electrons. The predicted octanol–water partition coefficient (Wildman–Crippen LogP) is 3.09. The first-order valence-electron chi connectivity index (χ1n) is 7.55. The van der Waals surface area contributed by atoms with Gasteiger partial charge in [-0.15, -0.1) is 0 Å². The van der Waals surface area contributed by atoms with Crippen molar-refractivity contribution in [3.63, 3.8) is 0 Å². The van der Waals surface area contributed by atoms with E-state index in [-0.39, 0.29) is 23.9 Å². The molecule has 0 saturated carbocycles. The summed E-state index contributed by atoms with van der Waals surface area (Å²) >= 11 is 0. The molecule has 3 rings (SSSR count). The fourth-order valence-electron chi connectivity index (χ4n) is 2.97. The predicted molar refractivity (Wildman–Crippen MR) is 82.5 cm³/mol. The van der Waals surface area contributed by atoms with E-state index in [1.165, 1.54) is 6.07 Å². The Balaban J connectivity index is 1.65. The van der Waals surface area contributed by atoms with Crippen molar-refractivity contribution in [2.75, 3.05) is 13.7 Å². The molecule has 0 saturated heterocycles. The number of ether oxygens (including phenoxy) is 1. The van der Waals surface area contributed by atoms with Crippen LogP contribution in [0.2, 0.25) is 0 Å². The lowest BCUT2D eigenvalue weighted by atomic mass is 10.1. The van der Waals surface area contributed by atoms with Gasteiger partial charge in [0.1, 0.15) is 17.6 Å². The summed E-state index contributed by atoms with van der Waals surface area (Å²) in [5.74, 6) is 0.417. The van der Waals surface area contributed by atoms with Gasteiger partial charge in [-0.05, 0) is 42.2 Å². The number of carbonyl (C=O) groups is 1. The molecule has 0 spiro atoms. The van der Waals surface area contributed by atoms with E-state index < -0.39 is 0 Å². The summed E-state index contributed by atoms with van der Waals surface area (Å²) in [6, 6.07) is 7.64. The number of hydrogen-bond donors (Lipinski definition) is 2. The molecule has 0 bridgehead atoms. The minimum atomic E-state index is -0.372. The molecule has 5 nitrogen and oxygen atoms in total. The van der Waals surface area contributed by atoms with E-state index >= 15 is 0 Å². The monoisotopic (exact) mass is 318 g/mol. The molecule has 1 aromatic heterocycles. The Bertz CT molecular complexity index is 672. The normalized spacial score (nSPS) is 17.6. The van der Waals surface area contributed by atoms with Crippen LogP contribution in [0.25, 0.3) is 0 Å². The van der Waals surface area contributed by atoms with Crippen LogP contribution in [0.5, 0.6) is 0 Å². The molecule has 2 atom stereocenters.